The highest BCUT2D eigenvalue weighted by Crippen LogP contribution is 2.21. The van der Waals surface area contributed by atoms with Gasteiger partial charge in [-0.05, 0) is 47.7 Å². The number of amides is 1. The van der Waals surface area contributed by atoms with Gasteiger partial charge >= 0.3 is 0 Å². The number of anilines is 2. The molecular formula is C11H16IN3O. The molecule has 1 aromatic carbocycles. The van der Waals surface area contributed by atoms with Crippen LogP contribution < -0.4 is 11.1 Å². The zero-order valence-corrected chi connectivity index (χ0v) is 11.8. The Balaban J connectivity index is 2.77. The number of benzene rings is 1. The van der Waals surface area contributed by atoms with Crippen LogP contribution in [0.4, 0.5) is 11.4 Å². The predicted octanol–water partition coefficient (Wildman–Crippen LogP) is 1.76. The number of likely N-dealkylation sites (N-methyl/N-ethyl adjacent to an activating group) is 1. The number of nitrogens with one attached hydrogen (secondary N) is 1. The lowest BCUT2D eigenvalue weighted by Crippen LogP contribution is -2.36. The normalized spacial score (nSPS) is 12.0. The van der Waals surface area contributed by atoms with Crippen molar-refractivity contribution in [3.05, 3.63) is 21.8 Å². The molecule has 0 radical (unpaired) electrons. The van der Waals surface area contributed by atoms with E-state index in [2.05, 4.69) is 27.9 Å². The van der Waals surface area contributed by atoms with Gasteiger partial charge in [0.1, 0.15) is 6.04 Å². The van der Waals surface area contributed by atoms with E-state index in [1.807, 2.05) is 25.1 Å². The van der Waals surface area contributed by atoms with Gasteiger partial charge in [-0.15, -0.1) is 0 Å². The second-order valence-corrected chi connectivity index (χ2v) is 5.00. The van der Waals surface area contributed by atoms with Crippen LogP contribution in [0, 0.1) is 3.57 Å². The van der Waals surface area contributed by atoms with Gasteiger partial charge in [0.2, 0.25) is 5.91 Å². The molecule has 0 saturated heterocycles. The number of hydrogen-bond acceptors (Lipinski definition) is 3. The Morgan fingerprint density at radius 2 is 2.12 bits per heavy atom. The van der Waals surface area contributed by atoms with Gasteiger partial charge in [0.25, 0.3) is 0 Å². The van der Waals surface area contributed by atoms with E-state index >= 15 is 0 Å². The van der Waals surface area contributed by atoms with Gasteiger partial charge in [-0.1, -0.05) is 0 Å². The number of hydrogen-bond donors (Lipinski definition) is 2. The number of rotatable bonds is 3. The van der Waals surface area contributed by atoms with Crippen LogP contribution in [0.2, 0.25) is 0 Å². The van der Waals surface area contributed by atoms with Crippen LogP contribution in [0.25, 0.3) is 0 Å². The first-order valence-electron chi connectivity index (χ1n) is 4.94. The van der Waals surface area contributed by atoms with Gasteiger partial charge in [-0.25, -0.2) is 0 Å². The maximum absolute atomic E-state index is 11.7. The third kappa shape index (κ3) is 3.26. The lowest BCUT2D eigenvalue weighted by atomic mass is 10.2. The summed E-state index contributed by atoms with van der Waals surface area (Å²) in [6.45, 7) is 1.84. The molecule has 1 amide bonds. The van der Waals surface area contributed by atoms with Crippen LogP contribution >= 0.6 is 22.6 Å². The van der Waals surface area contributed by atoms with Crippen molar-refractivity contribution in [2.24, 2.45) is 0 Å². The molecule has 0 saturated carbocycles. The van der Waals surface area contributed by atoms with E-state index < -0.39 is 0 Å². The lowest BCUT2D eigenvalue weighted by Gasteiger charge is -2.19. The number of carbonyl (C=O) groups excluding carboxylic acids is 1. The first-order valence-corrected chi connectivity index (χ1v) is 6.02. The third-order valence-corrected chi connectivity index (χ3v) is 3.07. The van der Waals surface area contributed by atoms with Crippen molar-refractivity contribution in [2.75, 3.05) is 25.1 Å². The first-order chi connectivity index (χ1) is 7.41. The molecule has 5 heteroatoms. The number of nitrogens with zero attached hydrogens (tertiary/aromatic N) is 1. The minimum Gasteiger partial charge on any atom is -0.399 e. The minimum absolute atomic E-state index is 0.0487. The van der Waals surface area contributed by atoms with Crippen molar-refractivity contribution in [3.8, 4) is 0 Å². The molecule has 0 heterocycles. The summed E-state index contributed by atoms with van der Waals surface area (Å²) in [7, 11) is 3.49. The zero-order valence-electron chi connectivity index (χ0n) is 9.62. The number of halogens is 1. The Morgan fingerprint density at radius 3 is 2.62 bits per heavy atom. The summed E-state index contributed by atoms with van der Waals surface area (Å²) in [6, 6.07) is 5.33. The van der Waals surface area contributed by atoms with E-state index in [1.54, 1.807) is 19.0 Å². The summed E-state index contributed by atoms with van der Waals surface area (Å²) in [5.74, 6) is 0.0487. The number of nitrogen functional groups attached to an aromatic ring is 1. The Bertz CT molecular complexity index is 393. The monoisotopic (exact) mass is 333 g/mol. The molecule has 3 N–H and O–H groups in total. The SMILES string of the molecule is CC(Nc1ccc(N)cc1I)C(=O)N(C)C. The van der Waals surface area contributed by atoms with Gasteiger partial charge in [-0.3, -0.25) is 4.79 Å². The average Bonchev–Trinajstić information content (AvgIpc) is 2.20. The maximum atomic E-state index is 11.7. The maximum Gasteiger partial charge on any atom is 0.244 e. The molecule has 0 fully saturated rings. The first kappa shape index (κ1) is 13.1. The minimum atomic E-state index is -0.243. The molecule has 1 atom stereocenters. The van der Waals surface area contributed by atoms with Crippen LogP contribution in [0.3, 0.4) is 0 Å². The van der Waals surface area contributed by atoms with Gasteiger partial charge < -0.3 is 16.0 Å². The van der Waals surface area contributed by atoms with Crippen molar-refractivity contribution in [1.82, 2.24) is 4.90 Å². The van der Waals surface area contributed by atoms with Crippen LogP contribution in [0.1, 0.15) is 6.92 Å². The molecule has 0 aromatic heterocycles. The van der Waals surface area contributed by atoms with E-state index in [0.717, 1.165) is 14.9 Å². The molecule has 88 valence electrons. The van der Waals surface area contributed by atoms with Gasteiger partial charge in [0, 0.05) is 29.0 Å². The summed E-state index contributed by atoms with van der Waals surface area (Å²) in [5.41, 5.74) is 7.31. The highest BCUT2D eigenvalue weighted by molar-refractivity contribution is 14.1. The van der Waals surface area contributed by atoms with Crippen molar-refractivity contribution >= 4 is 39.9 Å². The Morgan fingerprint density at radius 1 is 1.50 bits per heavy atom. The summed E-state index contributed by atoms with van der Waals surface area (Å²) in [4.78, 5) is 13.2. The highest BCUT2D eigenvalue weighted by atomic mass is 127. The van der Waals surface area contributed by atoms with Gasteiger partial charge in [0.15, 0.2) is 0 Å². The van der Waals surface area contributed by atoms with Gasteiger partial charge in [-0.2, -0.15) is 0 Å². The number of nitrogens with two attached hydrogens (primary N) is 1. The Hall–Kier alpha value is -0.980. The highest BCUT2D eigenvalue weighted by Gasteiger charge is 2.15. The van der Waals surface area contributed by atoms with Crippen molar-refractivity contribution in [2.45, 2.75) is 13.0 Å². The Kier molecular flexibility index (Phi) is 4.40. The van der Waals surface area contributed by atoms with E-state index in [9.17, 15) is 4.79 Å². The molecule has 4 nitrogen and oxygen atoms in total. The molecule has 0 spiro atoms. The molecule has 1 unspecified atom stereocenters. The quantitative estimate of drug-likeness (QED) is 0.655. The Labute approximate surface area is 109 Å². The van der Waals surface area contributed by atoms with E-state index in [0.29, 0.717) is 0 Å². The fraction of sp³-hybridized carbons (Fsp3) is 0.364. The van der Waals surface area contributed by atoms with Crippen LogP contribution in [0.5, 0.6) is 0 Å². The largest absolute Gasteiger partial charge is 0.399 e. The van der Waals surface area contributed by atoms with Crippen molar-refractivity contribution in [3.63, 3.8) is 0 Å². The molecular weight excluding hydrogens is 317 g/mol. The van der Waals surface area contributed by atoms with Crippen molar-refractivity contribution < 1.29 is 4.79 Å². The molecule has 0 aliphatic carbocycles. The fourth-order valence-corrected chi connectivity index (χ4v) is 2.03. The second kappa shape index (κ2) is 5.38. The molecule has 1 aromatic rings. The summed E-state index contributed by atoms with van der Waals surface area (Å²) < 4.78 is 1.01. The predicted molar refractivity (Wildman–Crippen MR) is 75.4 cm³/mol. The standard InChI is InChI=1S/C11H16IN3O/c1-7(11(16)15(2)3)14-10-5-4-8(13)6-9(10)12/h4-7,14H,13H2,1-3H3. The van der Waals surface area contributed by atoms with Gasteiger partial charge in [0.05, 0.1) is 0 Å². The third-order valence-electron chi connectivity index (χ3n) is 2.18. The van der Waals surface area contributed by atoms with Crippen molar-refractivity contribution in [1.29, 1.82) is 0 Å². The summed E-state index contributed by atoms with van der Waals surface area (Å²) in [5, 5.41) is 3.16. The van der Waals surface area contributed by atoms with E-state index in [4.69, 9.17) is 5.73 Å². The van der Waals surface area contributed by atoms with E-state index in [-0.39, 0.29) is 11.9 Å². The smallest absolute Gasteiger partial charge is 0.244 e. The van der Waals surface area contributed by atoms with Crippen LogP contribution in [-0.2, 0) is 4.79 Å². The molecule has 0 aliphatic rings. The molecule has 0 aliphatic heterocycles. The molecule has 1 rings (SSSR count). The van der Waals surface area contributed by atoms with Crippen LogP contribution in [0.15, 0.2) is 18.2 Å². The fourth-order valence-electron chi connectivity index (χ4n) is 1.33. The topological polar surface area (TPSA) is 58.4 Å². The summed E-state index contributed by atoms with van der Waals surface area (Å²) in [6.07, 6.45) is 0. The average molecular weight is 333 g/mol. The lowest BCUT2D eigenvalue weighted by molar-refractivity contribution is -0.129. The van der Waals surface area contributed by atoms with Crippen LogP contribution in [-0.4, -0.2) is 30.9 Å². The zero-order chi connectivity index (χ0) is 12.3. The van der Waals surface area contributed by atoms with E-state index in [1.165, 1.54) is 0 Å². The molecule has 0 bridgehead atoms. The molecule has 16 heavy (non-hydrogen) atoms. The summed E-state index contributed by atoms with van der Waals surface area (Å²) >= 11 is 2.19. The second-order valence-electron chi connectivity index (χ2n) is 3.84. The number of carbonyl (C=O) groups is 1.